The number of hydrogen-bond acceptors (Lipinski definition) is 2. The summed E-state index contributed by atoms with van der Waals surface area (Å²) in [6.07, 6.45) is 3.16. The van der Waals surface area contributed by atoms with Crippen LogP contribution < -0.4 is 5.32 Å². The molecule has 1 amide bonds. The molecule has 0 radical (unpaired) electrons. The van der Waals surface area contributed by atoms with Gasteiger partial charge in [0.15, 0.2) is 0 Å². The molecule has 88 valence electrons. The lowest BCUT2D eigenvalue weighted by atomic mass is 10.3. The molecule has 6 heteroatoms. The summed E-state index contributed by atoms with van der Waals surface area (Å²) >= 11 is 9.15. The van der Waals surface area contributed by atoms with Crippen molar-refractivity contribution in [2.75, 3.05) is 5.32 Å². The molecule has 0 saturated carbocycles. The van der Waals surface area contributed by atoms with Crippen LogP contribution in [-0.4, -0.2) is 15.7 Å². The molecule has 1 aromatic heterocycles. The number of hydrogen-bond donors (Lipinski definition) is 1. The molecule has 0 saturated heterocycles. The molecule has 1 aromatic carbocycles. The van der Waals surface area contributed by atoms with Crippen molar-refractivity contribution < 1.29 is 4.79 Å². The second-order valence-corrected chi connectivity index (χ2v) is 4.77. The van der Waals surface area contributed by atoms with Crippen LogP contribution in [0.3, 0.4) is 0 Å². The summed E-state index contributed by atoms with van der Waals surface area (Å²) in [5.74, 6) is -0.207. The SMILES string of the molecule is Cn1cc(C(=O)Nc2ccc(Cl)cc2Br)cn1. The van der Waals surface area contributed by atoms with E-state index >= 15 is 0 Å². The zero-order valence-electron chi connectivity index (χ0n) is 8.95. The Kier molecular flexibility index (Phi) is 3.49. The molecule has 1 heterocycles. The van der Waals surface area contributed by atoms with Crippen molar-refractivity contribution in [2.24, 2.45) is 7.05 Å². The number of carbonyl (C=O) groups is 1. The van der Waals surface area contributed by atoms with Gasteiger partial charge in [-0.1, -0.05) is 11.6 Å². The number of aromatic nitrogens is 2. The first-order valence-electron chi connectivity index (χ1n) is 4.81. The molecule has 0 aliphatic carbocycles. The summed E-state index contributed by atoms with van der Waals surface area (Å²) < 4.78 is 2.31. The lowest BCUT2D eigenvalue weighted by Gasteiger charge is -2.06. The van der Waals surface area contributed by atoms with Crippen molar-refractivity contribution in [1.82, 2.24) is 9.78 Å². The zero-order valence-corrected chi connectivity index (χ0v) is 11.3. The van der Waals surface area contributed by atoms with Crippen LogP contribution in [0.5, 0.6) is 0 Å². The van der Waals surface area contributed by atoms with Gasteiger partial charge in [-0.05, 0) is 34.1 Å². The van der Waals surface area contributed by atoms with Gasteiger partial charge in [-0.2, -0.15) is 5.10 Å². The lowest BCUT2D eigenvalue weighted by Crippen LogP contribution is -2.11. The van der Waals surface area contributed by atoms with Gasteiger partial charge in [0.05, 0.1) is 17.4 Å². The Balaban J connectivity index is 2.18. The molecule has 0 spiro atoms. The van der Waals surface area contributed by atoms with E-state index in [1.165, 1.54) is 6.20 Å². The van der Waals surface area contributed by atoms with Crippen molar-refractivity contribution in [2.45, 2.75) is 0 Å². The van der Waals surface area contributed by atoms with Gasteiger partial charge >= 0.3 is 0 Å². The molecule has 0 atom stereocenters. The van der Waals surface area contributed by atoms with E-state index in [1.807, 2.05) is 0 Å². The standard InChI is InChI=1S/C11H9BrClN3O/c1-16-6-7(5-14-16)11(17)15-10-3-2-8(13)4-9(10)12/h2-6H,1H3,(H,15,17). The normalized spacial score (nSPS) is 10.3. The van der Waals surface area contributed by atoms with Crippen molar-refractivity contribution in [1.29, 1.82) is 0 Å². The van der Waals surface area contributed by atoms with Gasteiger partial charge in [0.25, 0.3) is 5.91 Å². The highest BCUT2D eigenvalue weighted by Crippen LogP contribution is 2.26. The first kappa shape index (κ1) is 12.1. The maximum absolute atomic E-state index is 11.8. The van der Waals surface area contributed by atoms with Gasteiger partial charge in [-0.3, -0.25) is 9.48 Å². The number of rotatable bonds is 2. The molecular formula is C11H9BrClN3O. The Morgan fingerprint density at radius 3 is 2.88 bits per heavy atom. The van der Waals surface area contributed by atoms with Crippen LogP contribution in [0.4, 0.5) is 5.69 Å². The molecule has 0 aliphatic heterocycles. The van der Waals surface area contributed by atoms with Crippen LogP contribution in [0.25, 0.3) is 0 Å². The average molecular weight is 315 g/mol. The molecule has 0 aliphatic rings. The van der Waals surface area contributed by atoms with E-state index in [4.69, 9.17) is 11.6 Å². The van der Waals surface area contributed by atoms with Crippen LogP contribution in [0.2, 0.25) is 5.02 Å². The van der Waals surface area contributed by atoms with E-state index in [0.717, 1.165) is 4.47 Å². The van der Waals surface area contributed by atoms with Crippen LogP contribution in [-0.2, 0) is 7.05 Å². The average Bonchev–Trinajstić information content (AvgIpc) is 2.69. The monoisotopic (exact) mass is 313 g/mol. The Hall–Kier alpha value is -1.33. The van der Waals surface area contributed by atoms with E-state index in [1.54, 1.807) is 36.1 Å². The van der Waals surface area contributed by atoms with E-state index in [-0.39, 0.29) is 5.91 Å². The van der Waals surface area contributed by atoms with Gasteiger partial charge in [-0.15, -0.1) is 0 Å². The number of carbonyl (C=O) groups excluding carboxylic acids is 1. The van der Waals surface area contributed by atoms with E-state index in [9.17, 15) is 4.79 Å². The quantitative estimate of drug-likeness (QED) is 0.926. The Labute approximate surface area is 112 Å². The molecule has 4 nitrogen and oxygen atoms in total. The first-order chi connectivity index (χ1) is 8.06. The molecule has 0 fully saturated rings. The number of anilines is 1. The number of amides is 1. The Morgan fingerprint density at radius 2 is 2.29 bits per heavy atom. The summed E-state index contributed by atoms with van der Waals surface area (Å²) in [6, 6.07) is 5.17. The van der Waals surface area contributed by atoms with Gasteiger partial charge in [0.2, 0.25) is 0 Å². The van der Waals surface area contributed by atoms with Gasteiger partial charge < -0.3 is 5.32 Å². The summed E-state index contributed by atoms with van der Waals surface area (Å²) in [5.41, 5.74) is 1.18. The van der Waals surface area contributed by atoms with Gasteiger partial charge in [-0.25, -0.2) is 0 Å². The van der Waals surface area contributed by atoms with Crippen LogP contribution >= 0.6 is 27.5 Å². The minimum atomic E-state index is -0.207. The highest BCUT2D eigenvalue weighted by molar-refractivity contribution is 9.10. The fourth-order valence-electron chi connectivity index (χ4n) is 1.32. The minimum absolute atomic E-state index is 0.207. The van der Waals surface area contributed by atoms with Crippen molar-refractivity contribution in [3.8, 4) is 0 Å². The number of nitrogens with zero attached hydrogens (tertiary/aromatic N) is 2. The fourth-order valence-corrected chi connectivity index (χ4v) is 2.11. The molecule has 2 rings (SSSR count). The number of halogens is 2. The maximum Gasteiger partial charge on any atom is 0.258 e. The van der Waals surface area contributed by atoms with Crippen molar-refractivity contribution >= 4 is 39.1 Å². The second kappa shape index (κ2) is 4.89. The zero-order chi connectivity index (χ0) is 12.4. The summed E-state index contributed by atoms with van der Waals surface area (Å²) in [4.78, 5) is 11.8. The Morgan fingerprint density at radius 1 is 1.53 bits per heavy atom. The highest BCUT2D eigenvalue weighted by atomic mass is 79.9. The summed E-state index contributed by atoms with van der Waals surface area (Å²) in [7, 11) is 1.76. The van der Waals surface area contributed by atoms with Crippen LogP contribution in [0, 0.1) is 0 Å². The predicted molar refractivity (Wildman–Crippen MR) is 70.3 cm³/mol. The third kappa shape index (κ3) is 2.87. The molecular weight excluding hydrogens is 305 g/mol. The number of aryl methyl sites for hydroxylation is 1. The molecule has 0 bridgehead atoms. The third-order valence-electron chi connectivity index (χ3n) is 2.15. The van der Waals surface area contributed by atoms with Gasteiger partial charge in [0, 0.05) is 22.7 Å². The number of benzene rings is 1. The second-order valence-electron chi connectivity index (χ2n) is 3.48. The topological polar surface area (TPSA) is 46.9 Å². The molecule has 2 aromatic rings. The van der Waals surface area contributed by atoms with Crippen molar-refractivity contribution in [3.05, 3.63) is 45.7 Å². The predicted octanol–water partition coefficient (Wildman–Crippen LogP) is 3.09. The lowest BCUT2D eigenvalue weighted by molar-refractivity contribution is 0.102. The summed E-state index contributed by atoms with van der Waals surface area (Å²) in [6.45, 7) is 0. The van der Waals surface area contributed by atoms with Gasteiger partial charge in [0.1, 0.15) is 0 Å². The number of nitrogens with one attached hydrogen (secondary N) is 1. The van der Waals surface area contributed by atoms with Crippen LogP contribution in [0.1, 0.15) is 10.4 Å². The molecule has 1 N–H and O–H groups in total. The van der Waals surface area contributed by atoms with E-state index in [2.05, 4.69) is 26.3 Å². The molecule has 17 heavy (non-hydrogen) atoms. The van der Waals surface area contributed by atoms with E-state index < -0.39 is 0 Å². The largest absolute Gasteiger partial charge is 0.321 e. The Bertz CT molecular complexity index is 568. The van der Waals surface area contributed by atoms with Crippen LogP contribution in [0.15, 0.2) is 35.1 Å². The smallest absolute Gasteiger partial charge is 0.258 e. The van der Waals surface area contributed by atoms with E-state index in [0.29, 0.717) is 16.3 Å². The highest BCUT2D eigenvalue weighted by Gasteiger charge is 2.10. The maximum atomic E-state index is 11.8. The first-order valence-corrected chi connectivity index (χ1v) is 5.98. The minimum Gasteiger partial charge on any atom is -0.321 e. The third-order valence-corrected chi connectivity index (χ3v) is 3.04. The fraction of sp³-hybridized carbons (Fsp3) is 0.0909. The van der Waals surface area contributed by atoms with Crippen molar-refractivity contribution in [3.63, 3.8) is 0 Å². The summed E-state index contributed by atoms with van der Waals surface area (Å²) in [5, 5.41) is 7.32. The molecule has 0 unspecified atom stereocenters.